The van der Waals surface area contributed by atoms with E-state index in [1.54, 1.807) is 12.3 Å². The summed E-state index contributed by atoms with van der Waals surface area (Å²) < 4.78 is 0. The summed E-state index contributed by atoms with van der Waals surface area (Å²) in [6, 6.07) is 9.30. The van der Waals surface area contributed by atoms with Crippen molar-refractivity contribution in [2.24, 2.45) is 5.10 Å². The number of anilines is 1. The quantitative estimate of drug-likeness (QED) is 0.621. The molecule has 2 rings (SSSR count). The van der Waals surface area contributed by atoms with Gasteiger partial charge in [-0.1, -0.05) is 18.2 Å². The van der Waals surface area contributed by atoms with Gasteiger partial charge in [0.1, 0.15) is 0 Å². The minimum atomic E-state index is -1.30. The van der Waals surface area contributed by atoms with Crippen LogP contribution in [0.3, 0.4) is 0 Å². The molecule has 0 radical (unpaired) electrons. The van der Waals surface area contributed by atoms with E-state index in [0.717, 1.165) is 10.9 Å². The summed E-state index contributed by atoms with van der Waals surface area (Å²) in [4.78, 5) is 14.7. The molecule has 0 fully saturated rings. The molecular weight excluding hydrogens is 218 g/mol. The van der Waals surface area contributed by atoms with Crippen LogP contribution in [-0.2, 0) is 4.79 Å². The zero-order chi connectivity index (χ0) is 12.3. The predicted molar refractivity (Wildman–Crippen MR) is 63.5 cm³/mol. The molecule has 0 unspecified atom stereocenters. The Morgan fingerprint density at radius 3 is 2.88 bits per heavy atom. The Morgan fingerprint density at radius 2 is 2.12 bits per heavy atom. The van der Waals surface area contributed by atoms with Gasteiger partial charge in [-0.15, -0.1) is 0 Å². The number of pyridine rings is 1. The number of nitrogens with one attached hydrogen (secondary N) is 1. The highest BCUT2D eigenvalue weighted by atomic mass is 16.4. The number of aromatic nitrogens is 1. The number of carboxylic acids is 1. The number of hydrogen-bond acceptors (Lipinski definition) is 5. The molecule has 0 bridgehead atoms. The van der Waals surface area contributed by atoms with Gasteiger partial charge in [-0.25, -0.2) is 0 Å². The van der Waals surface area contributed by atoms with Gasteiger partial charge in [0.15, 0.2) is 0 Å². The fraction of sp³-hybridized carbons (Fsp3) is 0.0833. The summed E-state index contributed by atoms with van der Waals surface area (Å²) in [7, 11) is 0. The fourth-order valence-corrected chi connectivity index (χ4v) is 1.38. The minimum absolute atomic E-state index is 0.113. The van der Waals surface area contributed by atoms with Crippen LogP contribution in [0.15, 0.2) is 41.6 Å². The average molecular weight is 228 g/mol. The van der Waals surface area contributed by atoms with E-state index in [0.29, 0.717) is 5.69 Å². The van der Waals surface area contributed by atoms with Crippen molar-refractivity contribution >= 4 is 28.3 Å². The van der Waals surface area contributed by atoms with Crippen LogP contribution in [0.2, 0.25) is 0 Å². The molecule has 1 aromatic heterocycles. The maximum Gasteiger partial charge on any atom is 0.0951 e. The van der Waals surface area contributed by atoms with Crippen molar-refractivity contribution in [3.63, 3.8) is 0 Å². The minimum Gasteiger partial charge on any atom is -0.543 e. The van der Waals surface area contributed by atoms with Gasteiger partial charge < -0.3 is 9.90 Å². The molecule has 0 amide bonds. The van der Waals surface area contributed by atoms with E-state index < -0.39 is 5.97 Å². The molecule has 0 atom stereocenters. The molecule has 17 heavy (non-hydrogen) atoms. The maximum atomic E-state index is 10.5. The van der Waals surface area contributed by atoms with E-state index in [4.69, 9.17) is 0 Å². The second kappa shape index (κ2) is 4.61. The molecule has 1 heterocycles. The monoisotopic (exact) mass is 228 g/mol. The Morgan fingerprint density at radius 1 is 1.35 bits per heavy atom. The number of benzene rings is 1. The van der Waals surface area contributed by atoms with Crippen LogP contribution in [0, 0.1) is 0 Å². The van der Waals surface area contributed by atoms with Crippen molar-refractivity contribution in [3.8, 4) is 0 Å². The lowest BCUT2D eigenvalue weighted by molar-refractivity contribution is -0.294. The normalized spacial score (nSPS) is 11.5. The summed E-state index contributed by atoms with van der Waals surface area (Å²) in [6.45, 7) is 1.36. The molecule has 0 aliphatic heterocycles. The molecule has 1 N–H and O–H groups in total. The Hall–Kier alpha value is -2.43. The standard InChI is InChI=1S/C12H11N3O2/c1-8(12(16)17)14-15-10-6-2-4-9-5-3-7-13-11(9)10/h2-7,15H,1H3,(H,16,17)/p-1/b14-8+. The molecule has 86 valence electrons. The predicted octanol–water partition coefficient (Wildman–Crippen LogP) is 0.772. The highest BCUT2D eigenvalue weighted by molar-refractivity contribution is 6.33. The van der Waals surface area contributed by atoms with Crippen molar-refractivity contribution in [1.29, 1.82) is 0 Å². The van der Waals surface area contributed by atoms with Crippen LogP contribution in [0.1, 0.15) is 6.92 Å². The Labute approximate surface area is 97.8 Å². The van der Waals surface area contributed by atoms with Gasteiger partial charge in [0.05, 0.1) is 22.9 Å². The van der Waals surface area contributed by atoms with E-state index >= 15 is 0 Å². The molecule has 0 aliphatic carbocycles. The lowest BCUT2D eigenvalue weighted by Gasteiger charge is -2.06. The first-order chi connectivity index (χ1) is 8.18. The van der Waals surface area contributed by atoms with Gasteiger partial charge >= 0.3 is 0 Å². The van der Waals surface area contributed by atoms with Gasteiger partial charge in [0.25, 0.3) is 0 Å². The number of nitrogens with zero attached hydrogens (tertiary/aromatic N) is 2. The van der Waals surface area contributed by atoms with Crippen LogP contribution in [0.25, 0.3) is 10.9 Å². The van der Waals surface area contributed by atoms with Crippen LogP contribution in [-0.4, -0.2) is 16.7 Å². The summed E-state index contributed by atoms with van der Waals surface area (Å²) in [5, 5.41) is 15.2. The number of carbonyl (C=O) groups excluding carboxylic acids is 1. The van der Waals surface area contributed by atoms with Crippen LogP contribution in [0.5, 0.6) is 0 Å². The highest BCUT2D eigenvalue weighted by Crippen LogP contribution is 2.20. The Balaban J connectivity index is 2.37. The second-order valence-corrected chi connectivity index (χ2v) is 3.48. The maximum absolute atomic E-state index is 10.5. The number of hydrazone groups is 1. The van der Waals surface area contributed by atoms with E-state index in [9.17, 15) is 9.90 Å². The molecule has 0 saturated heterocycles. The molecule has 5 nitrogen and oxygen atoms in total. The van der Waals surface area contributed by atoms with E-state index in [1.165, 1.54) is 6.92 Å². The Kier molecular flexibility index (Phi) is 3.00. The van der Waals surface area contributed by atoms with Gasteiger partial charge in [-0.05, 0) is 19.1 Å². The molecular formula is C12H10N3O2-. The first-order valence-electron chi connectivity index (χ1n) is 5.04. The molecule has 0 aliphatic rings. The lowest BCUT2D eigenvalue weighted by Crippen LogP contribution is -2.30. The summed E-state index contributed by atoms with van der Waals surface area (Å²) >= 11 is 0. The third-order valence-electron chi connectivity index (χ3n) is 2.27. The van der Waals surface area contributed by atoms with Crippen molar-refractivity contribution in [1.82, 2.24) is 4.98 Å². The topological polar surface area (TPSA) is 77.4 Å². The summed E-state index contributed by atoms with van der Waals surface area (Å²) in [6.07, 6.45) is 1.67. The van der Waals surface area contributed by atoms with Crippen molar-refractivity contribution < 1.29 is 9.90 Å². The second-order valence-electron chi connectivity index (χ2n) is 3.48. The largest absolute Gasteiger partial charge is 0.543 e. The Bertz CT molecular complexity index is 588. The number of carbonyl (C=O) groups is 1. The zero-order valence-electron chi connectivity index (χ0n) is 9.18. The van der Waals surface area contributed by atoms with Crippen molar-refractivity contribution in [2.75, 3.05) is 5.43 Å². The van der Waals surface area contributed by atoms with E-state index in [1.807, 2.05) is 24.3 Å². The first-order valence-corrected chi connectivity index (χ1v) is 5.04. The number of fused-ring (bicyclic) bond motifs is 1. The van der Waals surface area contributed by atoms with Gasteiger partial charge in [-0.2, -0.15) is 5.10 Å². The lowest BCUT2D eigenvalue weighted by atomic mass is 10.2. The number of aliphatic carboxylic acids is 1. The van der Waals surface area contributed by atoms with Crippen LogP contribution >= 0.6 is 0 Å². The number of rotatable bonds is 3. The van der Waals surface area contributed by atoms with E-state index in [2.05, 4.69) is 15.5 Å². The fourth-order valence-electron chi connectivity index (χ4n) is 1.38. The third-order valence-corrected chi connectivity index (χ3v) is 2.27. The molecule has 5 heteroatoms. The first kappa shape index (κ1) is 11.1. The van der Waals surface area contributed by atoms with Gasteiger partial charge in [-0.3, -0.25) is 10.4 Å². The van der Waals surface area contributed by atoms with Gasteiger partial charge in [0, 0.05) is 11.6 Å². The molecule has 0 saturated carbocycles. The van der Waals surface area contributed by atoms with Gasteiger partial charge in [0.2, 0.25) is 0 Å². The highest BCUT2D eigenvalue weighted by Gasteiger charge is 2.00. The SMILES string of the molecule is C/C(=N\Nc1cccc2cccnc12)C(=O)[O-]. The third kappa shape index (κ3) is 2.39. The zero-order valence-corrected chi connectivity index (χ0v) is 9.18. The molecule has 1 aromatic carbocycles. The number of para-hydroxylation sites is 1. The number of carboxylic acid groups (broad SMARTS) is 1. The molecule has 2 aromatic rings. The summed E-state index contributed by atoms with van der Waals surface area (Å²) in [5.41, 5.74) is 3.96. The molecule has 0 spiro atoms. The van der Waals surface area contributed by atoms with E-state index in [-0.39, 0.29) is 5.71 Å². The average Bonchev–Trinajstić information content (AvgIpc) is 2.35. The number of hydrogen-bond donors (Lipinski definition) is 1. The van der Waals surface area contributed by atoms with Crippen molar-refractivity contribution in [2.45, 2.75) is 6.92 Å². The van der Waals surface area contributed by atoms with Crippen molar-refractivity contribution in [3.05, 3.63) is 36.5 Å². The summed E-state index contributed by atoms with van der Waals surface area (Å²) in [5.74, 6) is -1.30. The van der Waals surface area contributed by atoms with Crippen LogP contribution in [0.4, 0.5) is 5.69 Å². The van der Waals surface area contributed by atoms with Crippen LogP contribution < -0.4 is 10.5 Å². The smallest absolute Gasteiger partial charge is 0.0951 e.